The van der Waals surface area contributed by atoms with Gasteiger partial charge in [-0.1, -0.05) is 0 Å². The normalized spacial score (nSPS) is 11.1. The molecule has 0 aliphatic carbocycles. The Labute approximate surface area is 103 Å². The fourth-order valence-corrected chi connectivity index (χ4v) is 2.85. The van der Waals surface area contributed by atoms with Crippen LogP contribution >= 0.6 is 11.3 Å². The second-order valence-corrected chi connectivity index (χ2v) is 5.60. The number of thiazole rings is 1. The molecule has 0 amide bonds. The van der Waals surface area contributed by atoms with Gasteiger partial charge in [-0.15, -0.1) is 11.3 Å². The van der Waals surface area contributed by atoms with Crippen LogP contribution in [0.3, 0.4) is 0 Å². The van der Waals surface area contributed by atoms with Gasteiger partial charge in [-0.05, 0) is 12.1 Å². The van der Waals surface area contributed by atoms with Gasteiger partial charge in [0.1, 0.15) is 0 Å². The first-order valence-electron chi connectivity index (χ1n) is 4.68. The number of hydrogen-bond acceptors (Lipinski definition) is 6. The fourth-order valence-electron chi connectivity index (χ4n) is 1.13. The van der Waals surface area contributed by atoms with E-state index in [-0.39, 0.29) is 5.03 Å². The largest absolute Gasteiger partial charge is 0.387 e. The molecule has 0 fully saturated rings. The average molecular weight is 270 g/mol. The van der Waals surface area contributed by atoms with Crippen molar-refractivity contribution in [1.82, 2.24) is 9.97 Å². The fraction of sp³-hybridized carbons (Fsp3) is 0.111. The summed E-state index contributed by atoms with van der Waals surface area (Å²) in [6.07, 6.45) is 2.98. The third kappa shape index (κ3) is 2.71. The SMILES string of the molecule is CNc1ccc(S(=O)(=O)Nc2nccs2)nc1. The first kappa shape index (κ1) is 11.8. The third-order valence-corrected chi connectivity index (χ3v) is 4.03. The lowest BCUT2D eigenvalue weighted by atomic mass is 10.4. The highest BCUT2D eigenvalue weighted by molar-refractivity contribution is 7.92. The van der Waals surface area contributed by atoms with E-state index in [0.717, 1.165) is 5.69 Å². The maximum atomic E-state index is 11.9. The molecule has 0 aliphatic rings. The highest BCUT2D eigenvalue weighted by Crippen LogP contribution is 2.17. The first-order chi connectivity index (χ1) is 8.12. The topological polar surface area (TPSA) is 84.0 Å². The van der Waals surface area contributed by atoms with E-state index in [4.69, 9.17) is 0 Å². The van der Waals surface area contributed by atoms with Gasteiger partial charge in [0.15, 0.2) is 10.2 Å². The summed E-state index contributed by atoms with van der Waals surface area (Å²) in [6, 6.07) is 3.07. The van der Waals surface area contributed by atoms with Gasteiger partial charge in [-0.2, -0.15) is 8.42 Å². The van der Waals surface area contributed by atoms with Crippen molar-refractivity contribution < 1.29 is 8.42 Å². The zero-order valence-electron chi connectivity index (χ0n) is 8.91. The van der Waals surface area contributed by atoms with Crippen LogP contribution in [0.1, 0.15) is 0 Å². The van der Waals surface area contributed by atoms with E-state index >= 15 is 0 Å². The second kappa shape index (κ2) is 4.68. The van der Waals surface area contributed by atoms with Crippen LogP contribution in [0.15, 0.2) is 34.9 Å². The summed E-state index contributed by atoms with van der Waals surface area (Å²) >= 11 is 1.21. The van der Waals surface area contributed by atoms with Crippen molar-refractivity contribution in [3.8, 4) is 0 Å². The van der Waals surface area contributed by atoms with Gasteiger partial charge >= 0.3 is 0 Å². The molecule has 0 radical (unpaired) electrons. The minimum atomic E-state index is -3.65. The molecule has 8 heteroatoms. The minimum Gasteiger partial charge on any atom is -0.387 e. The van der Waals surface area contributed by atoms with Crippen molar-refractivity contribution >= 4 is 32.2 Å². The molecule has 6 nitrogen and oxygen atoms in total. The highest BCUT2D eigenvalue weighted by Gasteiger charge is 2.16. The molecule has 0 unspecified atom stereocenters. The Morgan fingerprint density at radius 3 is 2.65 bits per heavy atom. The quantitative estimate of drug-likeness (QED) is 0.877. The van der Waals surface area contributed by atoms with E-state index in [9.17, 15) is 8.42 Å². The number of sulfonamides is 1. The van der Waals surface area contributed by atoms with Gasteiger partial charge in [0.05, 0.1) is 11.9 Å². The lowest BCUT2D eigenvalue weighted by Gasteiger charge is -2.05. The van der Waals surface area contributed by atoms with E-state index in [1.165, 1.54) is 29.8 Å². The van der Waals surface area contributed by atoms with Gasteiger partial charge in [0, 0.05) is 18.6 Å². The standard InChI is InChI=1S/C9H10N4O2S2/c1-10-7-2-3-8(12-6-7)17(14,15)13-9-11-4-5-16-9/h2-6,10H,1H3,(H,11,13). The zero-order chi connectivity index (χ0) is 12.3. The lowest BCUT2D eigenvalue weighted by Crippen LogP contribution is -2.14. The van der Waals surface area contributed by atoms with Crippen molar-refractivity contribution in [3.05, 3.63) is 29.9 Å². The van der Waals surface area contributed by atoms with Crippen LogP contribution in [0.5, 0.6) is 0 Å². The minimum absolute atomic E-state index is 0.0355. The molecule has 0 bridgehead atoms. The summed E-state index contributed by atoms with van der Waals surface area (Å²) in [6.45, 7) is 0. The van der Waals surface area contributed by atoms with Crippen molar-refractivity contribution in [1.29, 1.82) is 0 Å². The molecule has 2 aromatic heterocycles. The Hall–Kier alpha value is -1.67. The molecule has 0 aromatic carbocycles. The van der Waals surface area contributed by atoms with E-state index < -0.39 is 10.0 Å². The summed E-state index contributed by atoms with van der Waals surface area (Å²) in [5.41, 5.74) is 0.748. The number of aromatic nitrogens is 2. The van der Waals surface area contributed by atoms with Gasteiger partial charge < -0.3 is 5.32 Å². The van der Waals surface area contributed by atoms with Crippen LogP contribution in [0.25, 0.3) is 0 Å². The average Bonchev–Trinajstić information content (AvgIpc) is 2.81. The smallest absolute Gasteiger partial charge is 0.281 e. The molecular formula is C9H10N4O2S2. The number of nitrogens with zero attached hydrogens (tertiary/aromatic N) is 2. The summed E-state index contributed by atoms with van der Waals surface area (Å²) in [5.74, 6) is 0. The summed E-state index contributed by atoms with van der Waals surface area (Å²) < 4.78 is 26.1. The number of anilines is 2. The van der Waals surface area contributed by atoms with E-state index in [1.54, 1.807) is 18.5 Å². The third-order valence-electron chi connectivity index (χ3n) is 1.95. The molecule has 0 spiro atoms. The Bertz CT molecular complexity index is 578. The van der Waals surface area contributed by atoms with Gasteiger partial charge in [0.2, 0.25) is 0 Å². The first-order valence-corrected chi connectivity index (χ1v) is 7.04. The van der Waals surface area contributed by atoms with Gasteiger partial charge in [-0.3, -0.25) is 4.72 Å². The molecule has 90 valence electrons. The highest BCUT2D eigenvalue weighted by atomic mass is 32.2. The molecule has 2 aromatic rings. The summed E-state index contributed by atoms with van der Waals surface area (Å²) in [4.78, 5) is 7.71. The molecule has 17 heavy (non-hydrogen) atoms. The monoisotopic (exact) mass is 270 g/mol. The number of rotatable bonds is 4. The van der Waals surface area contributed by atoms with Crippen LogP contribution < -0.4 is 10.0 Å². The number of nitrogens with one attached hydrogen (secondary N) is 2. The van der Waals surface area contributed by atoms with Gasteiger partial charge in [0.25, 0.3) is 10.0 Å². The van der Waals surface area contributed by atoms with Crippen molar-refractivity contribution in [2.24, 2.45) is 0 Å². The number of pyridine rings is 1. The predicted molar refractivity (Wildman–Crippen MR) is 66.7 cm³/mol. The molecule has 0 saturated heterocycles. The zero-order valence-corrected chi connectivity index (χ0v) is 10.5. The maximum Gasteiger partial charge on any atom is 0.281 e. The Morgan fingerprint density at radius 1 is 1.29 bits per heavy atom. The summed E-state index contributed by atoms with van der Waals surface area (Å²) in [5, 5.41) is 4.84. The van der Waals surface area contributed by atoms with Crippen LogP contribution in [0.2, 0.25) is 0 Å². The number of hydrogen-bond donors (Lipinski definition) is 2. The van der Waals surface area contributed by atoms with Crippen molar-refractivity contribution in [3.63, 3.8) is 0 Å². The van der Waals surface area contributed by atoms with E-state index in [1.807, 2.05) is 0 Å². The van der Waals surface area contributed by atoms with Crippen LogP contribution in [-0.4, -0.2) is 25.4 Å². The lowest BCUT2D eigenvalue weighted by molar-refractivity contribution is 0.597. The summed E-state index contributed by atoms with van der Waals surface area (Å²) in [7, 11) is -1.91. The Kier molecular flexibility index (Phi) is 3.25. The maximum absolute atomic E-state index is 11.9. The van der Waals surface area contributed by atoms with Crippen molar-refractivity contribution in [2.45, 2.75) is 5.03 Å². The Balaban J connectivity index is 2.25. The predicted octanol–water partition coefficient (Wildman–Crippen LogP) is 1.38. The molecule has 0 saturated carbocycles. The molecule has 0 aliphatic heterocycles. The van der Waals surface area contributed by atoms with E-state index in [2.05, 4.69) is 20.0 Å². The molecule has 2 N–H and O–H groups in total. The van der Waals surface area contributed by atoms with Gasteiger partial charge in [-0.25, -0.2) is 9.97 Å². The molecule has 0 atom stereocenters. The van der Waals surface area contributed by atoms with Crippen molar-refractivity contribution in [2.75, 3.05) is 17.1 Å². The molecule has 2 rings (SSSR count). The molecule has 2 heterocycles. The van der Waals surface area contributed by atoms with E-state index in [0.29, 0.717) is 5.13 Å². The second-order valence-electron chi connectivity index (χ2n) is 3.08. The molecular weight excluding hydrogens is 260 g/mol. The van der Waals surface area contributed by atoms with Crippen LogP contribution in [0.4, 0.5) is 10.8 Å². The van der Waals surface area contributed by atoms with Crippen LogP contribution in [0, 0.1) is 0 Å². The Morgan fingerprint density at radius 2 is 2.12 bits per heavy atom. The van der Waals surface area contributed by atoms with Crippen LogP contribution in [-0.2, 0) is 10.0 Å².